The number of fused-ring (bicyclic) bond motifs is 1. The molecule has 2 atom stereocenters. The summed E-state index contributed by atoms with van der Waals surface area (Å²) < 4.78 is 11.3. The van der Waals surface area contributed by atoms with E-state index < -0.39 is 36.0 Å². The van der Waals surface area contributed by atoms with Crippen LogP contribution in [0.15, 0.2) is 102 Å². The summed E-state index contributed by atoms with van der Waals surface area (Å²) in [6.07, 6.45) is -0.134. The van der Waals surface area contributed by atoms with Crippen molar-refractivity contribution >= 4 is 17.8 Å². The van der Waals surface area contributed by atoms with Gasteiger partial charge in [0.05, 0.1) is 6.04 Å². The van der Waals surface area contributed by atoms with E-state index in [-0.39, 0.29) is 24.5 Å². The lowest BCUT2D eigenvalue weighted by Gasteiger charge is -2.49. The second-order valence-corrected chi connectivity index (χ2v) is 8.86. The summed E-state index contributed by atoms with van der Waals surface area (Å²) in [5.74, 6) is -1.39. The van der Waals surface area contributed by atoms with E-state index in [1.165, 1.54) is 4.90 Å². The van der Waals surface area contributed by atoms with Crippen LogP contribution in [-0.4, -0.2) is 46.5 Å². The van der Waals surface area contributed by atoms with Crippen LogP contribution in [0.1, 0.15) is 30.1 Å². The zero-order chi connectivity index (χ0) is 25.8. The molecule has 188 valence electrons. The fourth-order valence-electron chi connectivity index (χ4n) is 4.66. The molecule has 2 aliphatic rings. The number of aliphatic hydroxyl groups excluding tert-OH is 1. The number of carbonyl (C=O) groups is 3. The minimum absolute atomic E-state index is 0.177. The molecule has 3 aromatic carbocycles. The Morgan fingerprint density at radius 1 is 0.919 bits per heavy atom. The fourth-order valence-corrected chi connectivity index (χ4v) is 4.66. The largest absolute Gasteiger partial charge is 0.510 e. The van der Waals surface area contributed by atoms with Gasteiger partial charge in [0.15, 0.2) is 18.4 Å². The molecule has 2 aliphatic heterocycles. The molecule has 1 fully saturated rings. The van der Waals surface area contributed by atoms with Crippen molar-refractivity contribution in [2.75, 3.05) is 6.61 Å². The number of β-lactam (4-membered cyclic amide) rings is 1. The topological polar surface area (TPSA) is 105 Å². The lowest BCUT2D eigenvalue weighted by molar-refractivity contribution is -0.160. The molecule has 0 aromatic heterocycles. The van der Waals surface area contributed by atoms with Gasteiger partial charge in [0, 0.05) is 6.42 Å². The van der Waals surface area contributed by atoms with Gasteiger partial charge in [-0.2, -0.15) is 0 Å². The van der Waals surface area contributed by atoms with Crippen LogP contribution in [0.4, 0.5) is 0 Å². The van der Waals surface area contributed by atoms with Crippen molar-refractivity contribution < 1.29 is 29.0 Å². The van der Waals surface area contributed by atoms with E-state index in [2.05, 4.69) is 5.32 Å². The first-order valence-corrected chi connectivity index (χ1v) is 12.1. The third kappa shape index (κ3) is 5.04. The highest BCUT2D eigenvalue weighted by Crippen LogP contribution is 2.37. The Bertz CT molecular complexity index is 1270. The molecule has 37 heavy (non-hydrogen) atoms. The smallest absolute Gasteiger partial charge is 0.359 e. The monoisotopic (exact) mass is 498 g/mol. The summed E-state index contributed by atoms with van der Waals surface area (Å²) in [7, 11) is 0. The van der Waals surface area contributed by atoms with E-state index in [1.807, 2.05) is 66.7 Å². The quantitative estimate of drug-likeness (QED) is 0.363. The first-order chi connectivity index (χ1) is 18.0. The number of amides is 2. The SMILES string of the molecule is O=C(COc1ccccc1)NC1C(=O)N2C(C(=O)OC(c3ccccc3)c3ccccc3)=C(O)CCC12. The number of hydrogen-bond donors (Lipinski definition) is 2. The van der Waals surface area contributed by atoms with Gasteiger partial charge in [0.25, 0.3) is 11.8 Å². The van der Waals surface area contributed by atoms with E-state index in [0.717, 1.165) is 11.1 Å². The molecule has 8 heteroatoms. The van der Waals surface area contributed by atoms with Crippen LogP contribution in [-0.2, 0) is 19.1 Å². The maximum Gasteiger partial charge on any atom is 0.359 e. The maximum atomic E-state index is 13.3. The van der Waals surface area contributed by atoms with Gasteiger partial charge in [-0.05, 0) is 29.7 Å². The van der Waals surface area contributed by atoms with Gasteiger partial charge in [0.1, 0.15) is 17.6 Å². The fraction of sp³-hybridized carbons (Fsp3) is 0.207. The van der Waals surface area contributed by atoms with Gasteiger partial charge in [-0.3, -0.25) is 14.5 Å². The Kier molecular flexibility index (Phi) is 6.89. The van der Waals surface area contributed by atoms with E-state index in [4.69, 9.17) is 9.47 Å². The molecular formula is C29H26N2O6. The molecule has 5 rings (SSSR count). The van der Waals surface area contributed by atoms with Crippen molar-refractivity contribution in [3.05, 3.63) is 114 Å². The summed E-state index contributed by atoms with van der Waals surface area (Å²) in [6.45, 7) is -0.244. The van der Waals surface area contributed by atoms with Crippen LogP contribution in [0.25, 0.3) is 0 Å². The molecule has 2 amide bonds. The number of aliphatic hydroxyl groups is 1. The van der Waals surface area contributed by atoms with Crippen molar-refractivity contribution in [1.29, 1.82) is 0 Å². The summed E-state index contributed by atoms with van der Waals surface area (Å²) in [5, 5.41) is 13.3. The van der Waals surface area contributed by atoms with Gasteiger partial charge in [-0.15, -0.1) is 0 Å². The first-order valence-electron chi connectivity index (χ1n) is 12.1. The van der Waals surface area contributed by atoms with Gasteiger partial charge < -0.3 is 19.9 Å². The van der Waals surface area contributed by atoms with Gasteiger partial charge in [-0.25, -0.2) is 4.79 Å². The minimum atomic E-state index is -0.804. The molecule has 0 saturated carbocycles. The number of allylic oxidation sites excluding steroid dienone is 1. The Morgan fingerprint density at radius 2 is 1.49 bits per heavy atom. The number of ether oxygens (including phenoxy) is 2. The van der Waals surface area contributed by atoms with Gasteiger partial charge in [-0.1, -0.05) is 78.9 Å². The van der Waals surface area contributed by atoms with Gasteiger partial charge in [0.2, 0.25) is 0 Å². The van der Waals surface area contributed by atoms with Gasteiger partial charge >= 0.3 is 5.97 Å². The highest BCUT2D eigenvalue weighted by molar-refractivity contribution is 6.02. The molecule has 2 N–H and O–H groups in total. The van der Waals surface area contributed by atoms with Crippen molar-refractivity contribution in [2.24, 2.45) is 0 Å². The van der Waals surface area contributed by atoms with Crippen LogP contribution < -0.4 is 10.1 Å². The zero-order valence-corrected chi connectivity index (χ0v) is 19.9. The first kappa shape index (κ1) is 24.1. The minimum Gasteiger partial charge on any atom is -0.510 e. The van der Waals surface area contributed by atoms with Crippen molar-refractivity contribution in [3.63, 3.8) is 0 Å². The number of benzene rings is 3. The van der Waals surface area contributed by atoms with Crippen molar-refractivity contribution in [2.45, 2.75) is 31.0 Å². The molecule has 0 aliphatic carbocycles. The second kappa shape index (κ2) is 10.6. The Morgan fingerprint density at radius 3 is 2.08 bits per heavy atom. The summed E-state index contributed by atoms with van der Waals surface area (Å²) in [5.41, 5.74) is 1.34. The molecular weight excluding hydrogens is 472 g/mol. The lowest BCUT2D eigenvalue weighted by Crippen LogP contribution is -2.72. The van der Waals surface area contributed by atoms with Crippen LogP contribution in [0.2, 0.25) is 0 Å². The van der Waals surface area contributed by atoms with E-state index in [9.17, 15) is 19.5 Å². The van der Waals surface area contributed by atoms with Crippen LogP contribution in [0.5, 0.6) is 5.75 Å². The third-order valence-electron chi connectivity index (χ3n) is 6.46. The van der Waals surface area contributed by atoms with Crippen molar-refractivity contribution in [3.8, 4) is 5.75 Å². The molecule has 0 spiro atoms. The van der Waals surface area contributed by atoms with Crippen LogP contribution in [0, 0.1) is 0 Å². The molecule has 1 saturated heterocycles. The summed E-state index contributed by atoms with van der Waals surface area (Å²) >= 11 is 0. The molecule has 3 aromatic rings. The average molecular weight is 499 g/mol. The Hall–Kier alpha value is -4.59. The maximum absolute atomic E-state index is 13.3. The molecule has 8 nitrogen and oxygen atoms in total. The number of nitrogens with zero attached hydrogens (tertiary/aromatic N) is 1. The van der Waals surface area contributed by atoms with E-state index >= 15 is 0 Å². The number of rotatable bonds is 8. The number of esters is 1. The lowest BCUT2D eigenvalue weighted by atomic mass is 9.85. The molecule has 2 heterocycles. The molecule has 0 bridgehead atoms. The highest BCUT2D eigenvalue weighted by atomic mass is 16.5. The average Bonchev–Trinajstić information content (AvgIpc) is 2.94. The number of carbonyl (C=O) groups excluding carboxylic acids is 3. The number of para-hydroxylation sites is 1. The second-order valence-electron chi connectivity index (χ2n) is 8.86. The van der Waals surface area contributed by atoms with Crippen molar-refractivity contribution in [1.82, 2.24) is 10.2 Å². The van der Waals surface area contributed by atoms with E-state index in [0.29, 0.717) is 12.2 Å². The van der Waals surface area contributed by atoms with Crippen LogP contribution in [0.3, 0.4) is 0 Å². The number of hydrogen-bond acceptors (Lipinski definition) is 6. The molecule has 2 unspecified atom stereocenters. The predicted octanol–water partition coefficient (Wildman–Crippen LogP) is 3.66. The number of nitrogens with one attached hydrogen (secondary N) is 1. The third-order valence-corrected chi connectivity index (χ3v) is 6.46. The zero-order valence-electron chi connectivity index (χ0n) is 19.9. The summed E-state index contributed by atoms with van der Waals surface area (Å²) in [6, 6.07) is 26.1. The standard InChI is InChI=1S/C29H26N2O6/c32-23-17-16-22-25(30-24(33)18-36-21-14-8-3-9-15-21)28(34)31(22)26(23)29(35)37-27(19-10-4-1-5-11-19)20-12-6-2-7-13-20/h1-15,22,25,27,32H,16-18H2,(H,30,33). The Balaban J connectivity index is 1.28. The summed E-state index contributed by atoms with van der Waals surface area (Å²) in [4.78, 5) is 40.0. The predicted molar refractivity (Wildman–Crippen MR) is 134 cm³/mol. The van der Waals surface area contributed by atoms with E-state index in [1.54, 1.807) is 24.3 Å². The normalized spacial score (nSPS) is 18.6. The van der Waals surface area contributed by atoms with Crippen LogP contribution >= 0.6 is 0 Å². The Labute approximate surface area is 214 Å². The molecule has 0 radical (unpaired) electrons. The highest BCUT2D eigenvalue weighted by Gasteiger charge is 2.54.